The number of benzene rings is 2. The van der Waals surface area contributed by atoms with Crippen LogP contribution in [0.2, 0.25) is 10.0 Å². The van der Waals surface area contributed by atoms with Crippen LogP contribution in [0.1, 0.15) is 16.8 Å². The van der Waals surface area contributed by atoms with Crippen molar-refractivity contribution in [2.45, 2.75) is 17.5 Å². The highest BCUT2D eigenvalue weighted by atomic mass is 35.5. The van der Waals surface area contributed by atoms with Crippen molar-refractivity contribution in [3.8, 4) is 5.75 Å². The number of carbonyl (C=O) groups excluding carboxylic acids is 2. The lowest BCUT2D eigenvalue weighted by Gasteiger charge is -2.26. The van der Waals surface area contributed by atoms with Crippen molar-refractivity contribution in [2.75, 3.05) is 44.2 Å². The summed E-state index contributed by atoms with van der Waals surface area (Å²) >= 11 is 11.7. The summed E-state index contributed by atoms with van der Waals surface area (Å²) in [5.41, 5.74) is -0.803. The van der Waals surface area contributed by atoms with Gasteiger partial charge >= 0.3 is 18.1 Å². The van der Waals surface area contributed by atoms with Crippen LogP contribution in [0.5, 0.6) is 5.75 Å². The molecule has 0 saturated carbocycles. The van der Waals surface area contributed by atoms with Gasteiger partial charge in [0, 0.05) is 35.7 Å². The third kappa shape index (κ3) is 8.47. The number of morpholine rings is 1. The van der Waals surface area contributed by atoms with Gasteiger partial charge in [-0.15, -0.1) is 0 Å². The fraction of sp³-hybridized carbons (Fsp3) is 0.364. The molecule has 0 atom stereocenters. The molecule has 0 spiro atoms. The monoisotopic (exact) mass is 584 g/mol. The highest BCUT2D eigenvalue weighted by molar-refractivity contribution is 7.92. The summed E-state index contributed by atoms with van der Waals surface area (Å²) in [4.78, 5) is 25.8. The Kier molecular flexibility index (Phi) is 9.64. The van der Waals surface area contributed by atoms with Crippen molar-refractivity contribution >= 4 is 50.9 Å². The van der Waals surface area contributed by atoms with Crippen molar-refractivity contribution in [3.05, 3.63) is 52.0 Å². The minimum Gasteiger partial charge on any atom is -0.462 e. The zero-order chi connectivity index (χ0) is 27.2. The molecule has 202 valence electrons. The molecule has 0 aromatic heterocycles. The van der Waals surface area contributed by atoms with E-state index < -0.39 is 39.5 Å². The van der Waals surface area contributed by atoms with Crippen molar-refractivity contribution in [3.63, 3.8) is 0 Å². The van der Waals surface area contributed by atoms with E-state index >= 15 is 0 Å². The van der Waals surface area contributed by atoms with Gasteiger partial charge in [-0.05, 0) is 36.8 Å². The molecule has 1 aliphatic heterocycles. The Hall–Kier alpha value is -2.58. The molecule has 0 aliphatic carbocycles. The molecule has 1 heterocycles. The van der Waals surface area contributed by atoms with Gasteiger partial charge in [-0.3, -0.25) is 9.62 Å². The van der Waals surface area contributed by atoms with E-state index in [1.807, 2.05) is 0 Å². The quantitative estimate of drug-likeness (QED) is 0.266. The number of halogens is 5. The molecule has 9 nitrogen and oxygen atoms in total. The van der Waals surface area contributed by atoms with Crippen LogP contribution in [-0.2, 0) is 24.3 Å². The maximum absolute atomic E-state index is 12.8. The number of rotatable bonds is 9. The highest BCUT2D eigenvalue weighted by Gasteiger charge is 2.42. The Morgan fingerprint density at radius 1 is 1.05 bits per heavy atom. The minimum atomic E-state index is -5.37. The molecule has 1 aliphatic rings. The summed E-state index contributed by atoms with van der Waals surface area (Å²) in [6, 6.07) is 6.34. The summed E-state index contributed by atoms with van der Waals surface area (Å²) in [5, 5.41) is 0.0544. The van der Waals surface area contributed by atoms with Crippen LogP contribution in [0.4, 0.5) is 18.9 Å². The van der Waals surface area contributed by atoms with Crippen LogP contribution in [-0.4, -0.2) is 70.9 Å². The van der Waals surface area contributed by atoms with Crippen LogP contribution < -0.4 is 9.46 Å². The van der Waals surface area contributed by atoms with Gasteiger partial charge in [-0.1, -0.05) is 23.2 Å². The fourth-order valence-electron chi connectivity index (χ4n) is 3.25. The molecule has 0 bridgehead atoms. The molecule has 1 fully saturated rings. The molecule has 3 rings (SSSR count). The molecule has 1 N–H and O–H groups in total. The van der Waals surface area contributed by atoms with E-state index in [4.69, 9.17) is 32.7 Å². The summed E-state index contributed by atoms with van der Waals surface area (Å²) in [6.45, 7) is 3.20. The van der Waals surface area contributed by atoms with Crippen molar-refractivity contribution in [1.29, 1.82) is 0 Å². The molecule has 1 saturated heterocycles. The van der Waals surface area contributed by atoms with Gasteiger partial charge in [-0.2, -0.15) is 13.2 Å². The molecule has 0 radical (unpaired) electrons. The SMILES string of the molecule is O=C(OCCCN1CCOCC1)c1ccc(NS(=O)(=O)c2cc(Cl)cc(Cl)c2)cc1OC(=O)C(F)(F)F. The number of nitrogens with one attached hydrogen (secondary N) is 1. The molecule has 0 amide bonds. The number of hydrogen-bond donors (Lipinski definition) is 1. The maximum atomic E-state index is 12.8. The third-order valence-electron chi connectivity index (χ3n) is 4.99. The van der Waals surface area contributed by atoms with Crippen LogP contribution in [0.25, 0.3) is 0 Å². The largest absolute Gasteiger partial charge is 0.491 e. The van der Waals surface area contributed by atoms with E-state index in [0.717, 1.165) is 43.4 Å². The molecular weight excluding hydrogens is 564 g/mol. The van der Waals surface area contributed by atoms with E-state index in [0.29, 0.717) is 26.2 Å². The Labute approximate surface area is 220 Å². The van der Waals surface area contributed by atoms with Gasteiger partial charge in [0.2, 0.25) is 0 Å². The predicted octanol–water partition coefficient (Wildman–Crippen LogP) is 4.14. The van der Waals surface area contributed by atoms with E-state index in [1.54, 1.807) is 0 Å². The average Bonchev–Trinajstić information content (AvgIpc) is 2.81. The number of nitrogens with zero attached hydrogens (tertiary/aromatic N) is 1. The van der Waals surface area contributed by atoms with E-state index in [1.165, 1.54) is 6.07 Å². The average molecular weight is 585 g/mol. The van der Waals surface area contributed by atoms with Gasteiger partial charge in [-0.25, -0.2) is 18.0 Å². The first-order valence-corrected chi connectivity index (χ1v) is 13.0. The smallest absolute Gasteiger partial charge is 0.462 e. The van der Waals surface area contributed by atoms with Gasteiger partial charge in [0.25, 0.3) is 10.0 Å². The lowest BCUT2D eigenvalue weighted by atomic mass is 10.2. The second kappa shape index (κ2) is 12.3. The molecule has 37 heavy (non-hydrogen) atoms. The summed E-state index contributed by atoms with van der Waals surface area (Å²) < 4.78 is 80.7. The van der Waals surface area contributed by atoms with Gasteiger partial charge in [0.05, 0.1) is 30.4 Å². The predicted molar refractivity (Wildman–Crippen MR) is 128 cm³/mol. The first-order valence-electron chi connectivity index (χ1n) is 10.7. The van der Waals surface area contributed by atoms with Crippen LogP contribution in [0.15, 0.2) is 41.3 Å². The fourth-order valence-corrected chi connectivity index (χ4v) is 5.02. The third-order valence-corrected chi connectivity index (χ3v) is 6.79. The Morgan fingerprint density at radius 2 is 1.70 bits per heavy atom. The van der Waals surface area contributed by atoms with E-state index in [9.17, 15) is 31.2 Å². The number of sulfonamides is 1. The Bertz CT molecular complexity index is 1230. The van der Waals surface area contributed by atoms with E-state index in [-0.39, 0.29) is 27.2 Å². The second-order valence-electron chi connectivity index (χ2n) is 7.75. The minimum absolute atomic E-state index is 0.0272. The lowest BCUT2D eigenvalue weighted by molar-refractivity contribution is -0.189. The number of carbonyl (C=O) groups is 2. The zero-order valence-electron chi connectivity index (χ0n) is 19.0. The molecule has 2 aromatic carbocycles. The van der Waals surface area contributed by atoms with Gasteiger partial charge in [0.1, 0.15) is 11.3 Å². The second-order valence-corrected chi connectivity index (χ2v) is 10.3. The summed E-state index contributed by atoms with van der Waals surface area (Å²) in [7, 11) is -4.30. The van der Waals surface area contributed by atoms with Crippen molar-refractivity contribution in [2.24, 2.45) is 0 Å². The number of ether oxygens (including phenoxy) is 3. The van der Waals surface area contributed by atoms with E-state index in [2.05, 4.69) is 14.4 Å². The number of anilines is 1. The standard InChI is InChI=1S/C22H21Cl2F3N2O7S/c23-14-10-15(24)12-17(11-14)37(32,33)28-16-2-3-18(19(13-16)36-21(31)22(25,26)27)20(30)35-7-1-4-29-5-8-34-9-6-29/h2-3,10-13,28H,1,4-9H2. The zero-order valence-corrected chi connectivity index (χ0v) is 21.3. The van der Waals surface area contributed by atoms with Crippen molar-refractivity contribution < 1.29 is 45.4 Å². The molecule has 15 heteroatoms. The normalized spacial score (nSPS) is 14.7. The number of esters is 2. The topological polar surface area (TPSA) is 111 Å². The van der Waals surface area contributed by atoms with Crippen LogP contribution in [0, 0.1) is 0 Å². The lowest BCUT2D eigenvalue weighted by Crippen LogP contribution is -2.37. The first kappa shape index (κ1) is 29.0. The van der Waals surface area contributed by atoms with Crippen molar-refractivity contribution in [1.82, 2.24) is 4.90 Å². The number of hydrogen-bond acceptors (Lipinski definition) is 8. The molecular formula is C22H21Cl2F3N2O7S. The summed E-state index contributed by atoms with van der Waals surface area (Å²) in [5.74, 6) is -4.50. The number of alkyl halides is 3. The van der Waals surface area contributed by atoms with Gasteiger partial charge in [0.15, 0.2) is 0 Å². The first-order chi connectivity index (χ1) is 17.3. The summed E-state index contributed by atoms with van der Waals surface area (Å²) in [6.07, 6.45) is -4.92. The van der Waals surface area contributed by atoms with Gasteiger partial charge < -0.3 is 14.2 Å². The maximum Gasteiger partial charge on any atom is 0.491 e. The van der Waals surface area contributed by atoms with Crippen LogP contribution >= 0.6 is 23.2 Å². The molecule has 0 unspecified atom stereocenters. The molecule has 2 aromatic rings. The highest BCUT2D eigenvalue weighted by Crippen LogP contribution is 2.30. The Morgan fingerprint density at radius 3 is 2.32 bits per heavy atom. The van der Waals surface area contributed by atoms with Crippen LogP contribution in [0.3, 0.4) is 0 Å². The Balaban J connectivity index is 1.77.